The quantitative estimate of drug-likeness (QED) is 0.584. The van der Waals surface area contributed by atoms with Gasteiger partial charge in [-0.3, -0.25) is 15.2 Å². The second-order valence-corrected chi connectivity index (χ2v) is 7.02. The Kier molecular flexibility index (Phi) is 3.44. The van der Waals surface area contributed by atoms with E-state index in [2.05, 4.69) is 20.5 Å². The Morgan fingerprint density at radius 2 is 2.17 bits per heavy atom. The van der Waals surface area contributed by atoms with Crippen molar-refractivity contribution in [2.45, 2.75) is 6.92 Å². The van der Waals surface area contributed by atoms with Crippen LogP contribution in [0, 0.1) is 6.92 Å². The number of hydrogen-bond acceptors (Lipinski definition) is 5. The van der Waals surface area contributed by atoms with Crippen molar-refractivity contribution in [3.05, 3.63) is 53.0 Å². The lowest BCUT2D eigenvalue weighted by molar-refractivity contribution is 0.102. The zero-order valence-electron chi connectivity index (χ0n) is 12.2. The number of benzene rings is 1. The van der Waals surface area contributed by atoms with Crippen molar-refractivity contribution in [2.75, 3.05) is 5.32 Å². The number of hydrogen-bond donors (Lipinski definition) is 2. The highest BCUT2D eigenvalue weighted by atomic mass is 32.1. The molecule has 3 heterocycles. The molecule has 0 saturated carbocycles. The van der Waals surface area contributed by atoms with Crippen LogP contribution >= 0.6 is 22.7 Å². The van der Waals surface area contributed by atoms with Crippen LogP contribution in [0.25, 0.3) is 20.8 Å². The van der Waals surface area contributed by atoms with E-state index in [1.165, 1.54) is 11.3 Å². The van der Waals surface area contributed by atoms with Crippen molar-refractivity contribution < 1.29 is 4.79 Å². The molecule has 0 bridgehead atoms. The number of fused-ring (bicyclic) bond motifs is 1. The lowest BCUT2D eigenvalue weighted by Crippen LogP contribution is -2.12. The monoisotopic (exact) mass is 340 g/mol. The number of thiazole rings is 1. The van der Waals surface area contributed by atoms with Crippen LogP contribution in [0.3, 0.4) is 0 Å². The summed E-state index contributed by atoms with van der Waals surface area (Å²) in [6, 6.07) is 11.7. The topological polar surface area (TPSA) is 70.7 Å². The number of amides is 1. The van der Waals surface area contributed by atoms with Gasteiger partial charge in [-0.25, -0.2) is 4.98 Å². The molecule has 0 saturated heterocycles. The summed E-state index contributed by atoms with van der Waals surface area (Å²) in [6.07, 6.45) is 0. The van der Waals surface area contributed by atoms with E-state index >= 15 is 0 Å². The van der Waals surface area contributed by atoms with Gasteiger partial charge in [0.15, 0.2) is 10.8 Å². The number of aromatic amines is 1. The van der Waals surface area contributed by atoms with Crippen LogP contribution in [0.5, 0.6) is 0 Å². The minimum Gasteiger partial charge on any atom is -0.296 e. The van der Waals surface area contributed by atoms with E-state index in [9.17, 15) is 4.79 Å². The lowest BCUT2D eigenvalue weighted by Gasteiger charge is -1.96. The first-order valence-corrected chi connectivity index (χ1v) is 8.67. The second-order valence-electron chi connectivity index (χ2n) is 5.04. The molecule has 114 valence electrons. The summed E-state index contributed by atoms with van der Waals surface area (Å²) < 4.78 is 1.06. The number of anilines is 1. The summed E-state index contributed by atoms with van der Waals surface area (Å²) in [5.41, 5.74) is 3.21. The smallest absolute Gasteiger partial charge is 0.277 e. The molecule has 1 amide bonds. The minimum atomic E-state index is -0.263. The minimum absolute atomic E-state index is 0.263. The molecule has 0 spiro atoms. The summed E-state index contributed by atoms with van der Waals surface area (Å²) in [5.74, 6) is -0.263. The second kappa shape index (κ2) is 5.60. The number of carbonyl (C=O) groups is 1. The van der Waals surface area contributed by atoms with Gasteiger partial charge < -0.3 is 0 Å². The molecule has 23 heavy (non-hydrogen) atoms. The number of nitrogens with zero attached hydrogens (tertiary/aromatic N) is 2. The number of para-hydroxylation sites is 1. The molecule has 3 aromatic heterocycles. The van der Waals surface area contributed by atoms with Gasteiger partial charge in [0.05, 0.1) is 20.8 Å². The van der Waals surface area contributed by atoms with Crippen LogP contribution in [-0.2, 0) is 0 Å². The summed E-state index contributed by atoms with van der Waals surface area (Å²) >= 11 is 3.06. The van der Waals surface area contributed by atoms with Crippen LogP contribution in [0.15, 0.2) is 41.8 Å². The SMILES string of the molecule is Cc1cccc2sc(NC(=O)c3cc(-c4cccs4)[nH]n3)nc12. The van der Waals surface area contributed by atoms with Crippen molar-refractivity contribution in [1.82, 2.24) is 15.2 Å². The molecule has 0 aliphatic carbocycles. The summed E-state index contributed by atoms with van der Waals surface area (Å²) in [5, 5.41) is 12.4. The van der Waals surface area contributed by atoms with Crippen molar-refractivity contribution in [3.63, 3.8) is 0 Å². The van der Waals surface area contributed by atoms with Crippen LogP contribution in [0.4, 0.5) is 5.13 Å². The zero-order chi connectivity index (χ0) is 15.8. The molecule has 0 atom stereocenters. The Labute approximate surface area is 140 Å². The fourth-order valence-corrected chi connectivity index (χ4v) is 3.93. The molecule has 0 aliphatic heterocycles. The molecule has 2 N–H and O–H groups in total. The first kappa shape index (κ1) is 14.1. The average Bonchev–Trinajstić information content (AvgIpc) is 3.27. The van der Waals surface area contributed by atoms with E-state index in [1.807, 2.05) is 42.6 Å². The van der Waals surface area contributed by atoms with Crippen molar-refractivity contribution in [2.24, 2.45) is 0 Å². The Morgan fingerprint density at radius 3 is 2.96 bits per heavy atom. The number of rotatable bonds is 3. The van der Waals surface area contributed by atoms with E-state index in [-0.39, 0.29) is 5.91 Å². The van der Waals surface area contributed by atoms with E-state index < -0.39 is 0 Å². The summed E-state index contributed by atoms with van der Waals surface area (Å²) in [7, 11) is 0. The van der Waals surface area contributed by atoms with Gasteiger partial charge in [0.1, 0.15) is 0 Å². The molecule has 0 unspecified atom stereocenters. The van der Waals surface area contributed by atoms with Gasteiger partial charge in [-0.2, -0.15) is 5.10 Å². The van der Waals surface area contributed by atoms with E-state index in [4.69, 9.17) is 0 Å². The standard InChI is InChI=1S/C16H12N4OS2/c1-9-4-2-5-13-14(9)17-16(23-13)18-15(21)11-8-10(19-20-11)12-6-3-7-22-12/h2-8H,1H3,(H,19,20)(H,17,18,21). The molecular formula is C16H12N4OS2. The zero-order valence-corrected chi connectivity index (χ0v) is 13.8. The first-order chi connectivity index (χ1) is 11.2. The molecule has 4 rings (SSSR count). The van der Waals surface area contributed by atoms with Crippen molar-refractivity contribution >= 4 is 43.9 Å². The van der Waals surface area contributed by atoms with E-state index in [0.717, 1.165) is 26.4 Å². The fourth-order valence-electron chi connectivity index (χ4n) is 2.30. The number of H-pyrrole nitrogens is 1. The van der Waals surface area contributed by atoms with Crippen LogP contribution in [0.1, 0.15) is 16.1 Å². The van der Waals surface area contributed by atoms with Gasteiger partial charge in [0.2, 0.25) is 0 Å². The largest absolute Gasteiger partial charge is 0.296 e. The lowest BCUT2D eigenvalue weighted by atomic mass is 10.2. The summed E-state index contributed by atoms with van der Waals surface area (Å²) in [6.45, 7) is 2.01. The number of aryl methyl sites for hydroxylation is 1. The highest BCUT2D eigenvalue weighted by Crippen LogP contribution is 2.28. The van der Waals surface area contributed by atoms with Crippen molar-refractivity contribution in [3.8, 4) is 10.6 Å². The Morgan fingerprint density at radius 1 is 1.26 bits per heavy atom. The highest BCUT2D eigenvalue weighted by molar-refractivity contribution is 7.22. The highest BCUT2D eigenvalue weighted by Gasteiger charge is 2.14. The number of thiophene rings is 1. The van der Waals surface area contributed by atoms with Gasteiger partial charge in [0, 0.05) is 0 Å². The number of carbonyl (C=O) groups excluding carboxylic acids is 1. The van der Waals surface area contributed by atoms with Crippen LogP contribution in [-0.4, -0.2) is 21.1 Å². The molecular weight excluding hydrogens is 328 g/mol. The molecule has 1 aromatic carbocycles. The average molecular weight is 340 g/mol. The van der Waals surface area contributed by atoms with E-state index in [0.29, 0.717) is 10.8 Å². The normalized spacial score (nSPS) is 11.0. The predicted molar refractivity (Wildman–Crippen MR) is 94.2 cm³/mol. The third kappa shape index (κ3) is 2.64. The van der Waals surface area contributed by atoms with Gasteiger partial charge in [-0.15, -0.1) is 11.3 Å². The molecule has 0 radical (unpaired) electrons. The van der Waals surface area contributed by atoms with Gasteiger partial charge in [0.25, 0.3) is 5.91 Å². The Balaban J connectivity index is 1.58. The fraction of sp³-hybridized carbons (Fsp3) is 0.0625. The van der Waals surface area contributed by atoms with E-state index in [1.54, 1.807) is 17.4 Å². The van der Waals surface area contributed by atoms with Gasteiger partial charge in [-0.1, -0.05) is 29.5 Å². The van der Waals surface area contributed by atoms with Crippen LogP contribution in [0.2, 0.25) is 0 Å². The van der Waals surface area contributed by atoms with Crippen molar-refractivity contribution in [1.29, 1.82) is 0 Å². The van der Waals surface area contributed by atoms with Gasteiger partial charge >= 0.3 is 0 Å². The third-order valence-electron chi connectivity index (χ3n) is 3.44. The maximum atomic E-state index is 12.3. The molecule has 4 aromatic rings. The Hall–Kier alpha value is -2.51. The first-order valence-electron chi connectivity index (χ1n) is 6.97. The molecule has 0 aliphatic rings. The van der Waals surface area contributed by atoms with Crippen LogP contribution < -0.4 is 5.32 Å². The molecule has 5 nitrogen and oxygen atoms in total. The Bertz CT molecular complexity index is 985. The predicted octanol–water partition coefficient (Wildman–Crippen LogP) is 4.31. The molecule has 0 fully saturated rings. The maximum absolute atomic E-state index is 12.3. The maximum Gasteiger partial charge on any atom is 0.277 e. The number of aromatic nitrogens is 3. The third-order valence-corrected chi connectivity index (χ3v) is 5.28. The molecule has 7 heteroatoms. The summed E-state index contributed by atoms with van der Waals surface area (Å²) in [4.78, 5) is 17.9. The number of nitrogens with one attached hydrogen (secondary N) is 2. The van der Waals surface area contributed by atoms with Gasteiger partial charge in [-0.05, 0) is 36.1 Å².